The van der Waals surface area contributed by atoms with Crippen LogP contribution < -0.4 is 10.2 Å². The molecule has 0 spiro atoms. The first-order valence-electron chi connectivity index (χ1n) is 11.8. The Bertz CT molecular complexity index is 912. The highest BCUT2D eigenvalue weighted by atomic mass is 16.2. The Morgan fingerprint density at radius 2 is 1.88 bits per heavy atom. The Labute approximate surface area is 189 Å². The molecule has 2 amide bonds. The van der Waals surface area contributed by atoms with Crippen LogP contribution in [0.5, 0.6) is 0 Å². The van der Waals surface area contributed by atoms with Crippen LogP contribution in [0.1, 0.15) is 33.1 Å². The van der Waals surface area contributed by atoms with E-state index >= 15 is 0 Å². The van der Waals surface area contributed by atoms with Gasteiger partial charge in [-0.3, -0.25) is 14.5 Å². The van der Waals surface area contributed by atoms with E-state index in [-0.39, 0.29) is 17.7 Å². The van der Waals surface area contributed by atoms with Gasteiger partial charge in [-0.2, -0.15) is 0 Å². The zero-order valence-corrected chi connectivity index (χ0v) is 19.2. The molecule has 0 bridgehead atoms. The fourth-order valence-corrected chi connectivity index (χ4v) is 4.54. The summed E-state index contributed by atoms with van der Waals surface area (Å²) in [5.41, 5.74) is 0.851. The van der Waals surface area contributed by atoms with Gasteiger partial charge in [-0.05, 0) is 31.2 Å². The number of hydrogen-bond donors (Lipinski definition) is 2. The molecule has 9 nitrogen and oxygen atoms in total. The van der Waals surface area contributed by atoms with E-state index in [1.807, 2.05) is 17.2 Å². The number of nitrogens with zero attached hydrogens (tertiary/aromatic N) is 5. The summed E-state index contributed by atoms with van der Waals surface area (Å²) in [7, 11) is 0. The van der Waals surface area contributed by atoms with Crippen LogP contribution in [0.4, 0.5) is 5.82 Å². The van der Waals surface area contributed by atoms with Crippen LogP contribution in [0.25, 0.3) is 11.0 Å². The van der Waals surface area contributed by atoms with Crippen molar-refractivity contribution in [2.75, 3.05) is 57.3 Å². The van der Waals surface area contributed by atoms with Gasteiger partial charge in [0.1, 0.15) is 17.8 Å². The van der Waals surface area contributed by atoms with E-state index in [1.165, 1.54) is 0 Å². The average molecular weight is 442 g/mol. The molecule has 0 saturated carbocycles. The van der Waals surface area contributed by atoms with E-state index in [1.54, 1.807) is 6.33 Å². The molecule has 2 N–H and O–H groups in total. The molecule has 4 rings (SSSR count). The summed E-state index contributed by atoms with van der Waals surface area (Å²) < 4.78 is 0. The quantitative estimate of drug-likeness (QED) is 0.676. The number of hydrogen-bond acceptors (Lipinski definition) is 6. The third-order valence-electron chi connectivity index (χ3n) is 6.60. The third-order valence-corrected chi connectivity index (χ3v) is 6.60. The predicted octanol–water partition coefficient (Wildman–Crippen LogP) is 1.48. The number of rotatable bonds is 7. The molecule has 2 saturated heterocycles. The lowest BCUT2D eigenvalue weighted by Gasteiger charge is -2.37. The Morgan fingerprint density at radius 1 is 1.12 bits per heavy atom. The fraction of sp³-hybridized carbons (Fsp3) is 0.652. The number of likely N-dealkylation sites (tertiary alicyclic amines) is 1. The lowest BCUT2D eigenvalue weighted by molar-refractivity contribution is -0.136. The maximum atomic E-state index is 12.8. The van der Waals surface area contributed by atoms with Gasteiger partial charge in [-0.15, -0.1) is 0 Å². The summed E-state index contributed by atoms with van der Waals surface area (Å²) in [6.07, 6.45) is 6.00. The summed E-state index contributed by atoms with van der Waals surface area (Å²) in [5.74, 6) is 1.90. The number of fused-ring (bicyclic) bond motifs is 1. The SMILES string of the molecule is CC(C)CCNC(=O)C1CCN(C(=O)CN2CCN(c3ncnc4[nH]ccc34)CC2)CC1. The van der Waals surface area contributed by atoms with Crippen LogP contribution in [-0.2, 0) is 9.59 Å². The van der Waals surface area contributed by atoms with Crippen LogP contribution >= 0.6 is 0 Å². The Morgan fingerprint density at radius 3 is 2.59 bits per heavy atom. The second-order valence-corrected chi connectivity index (χ2v) is 9.33. The Balaban J connectivity index is 1.20. The van der Waals surface area contributed by atoms with Crippen LogP contribution in [0.3, 0.4) is 0 Å². The minimum Gasteiger partial charge on any atom is -0.356 e. The molecule has 32 heavy (non-hydrogen) atoms. The maximum Gasteiger partial charge on any atom is 0.236 e. The van der Waals surface area contributed by atoms with Crippen LogP contribution in [0.15, 0.2) is 18.6 Å². The van der Waals surface area contributed by atoms with Crippen molar-refractivity contribution in [3.05, 3.63) is 18.6 Å². The summed E-state index contributed by atoms with van der Waals surface area (Å²) in [4.78, 5) is 43.5. The van der Waals surface area contributed by atoms with Crippen LogP contribution in [-0.4, -0.2) is 88.9 Å². The van der Waals surface area contributed by atoms with E-state index in [9.17, 15) is 9.59 Å². The van der Waals surface area contributed by atoms with Gasteiger partial charge < -0.3 is 20.1 Å². The highest BCUT2D eigenvalue weighted by Crippen LogP contribution is 2.23. The first kappa shape index (κ1) is 22.5. The van der Waals surface area contributed by atoms with Crippen molar-refractivity contribution in [2.24, 2.45) is 11.8 Å². The normalized spacial score (nSPS) is 18.5. The van der Waals surface area contributed by atoms with E-state index in [0.29, 0.717) is 25.6 Å². The molecule has 0 aromatic carbocycles. The highest BCUT2D eigenvalue weighted by Gasteiger charge is 2.29. The van der Waals surface area contributed by atoms with Gasteiger partial charge in [0.2, 0.25) is 11.8 Å². The molecule has 174 valence electrons. The number of carbonyl (C=O) groups is 2. The number of nitrogens with one attached hydrogen (secondary N) is 2. The van der Waals surface area contributed by atoms with E-state index in [2.05, 4.69) is 43.9 Å². The molecule has 0 atom stereocenters. The van der Waals surface area contributed by atoms with Crippen molar-refractivity contribution >= 4 is 28.7 Å². The second-order valence-electron chi connectivity index (χ2n) is 9.33. The lowest BCUT2D eigenvalue weighted by atomic mass is 9.95. The van der Waals surface area contributed by atoms with Gasteiger partial charge in [0.05, 0.1) is 11.9 Å². The molecule has 2 fully saturated rings. The zero-order valence-electron chi connectivity index (χ0n) is 19.2. The van der Waals surface area contributed by atoms with Gasteiger partial charge in [-0.25, -0.2) is 9.97 Å². The van der Waals surface area contributed by atoms with Crippen molar-refractivity contribution in [1.82, 2.24) is 30.1 Å². The molecule has 2 aliphatic rings. The topological polar surface area (TPSA) is 97.5 Å². The van der Waals surface area contributed by atoms with Crippen LogP contribution in [0, 0.1) is 11.8 Å². The zero-order chi connectivity index (χ0) is 22.5. The molecular formula is C23H35N7O2. The Hall–Kier alpha value is -2.68. The molecular weight excluding hydrogens is 406 g/mol. The van der Waals surface area contributed by atoms with Gasteiger partial charge in [0.25, 0.3) is 0 Å². The van der Waals surface area contributed by atoms with Gasteiger partial charge in [-0.1, -0.05) is 13.8 Å². The van der Waals surface area contributed by atoms with Gasteiger partial charge in [0.15, 0.2) is 0 Å². The molecule has 2 aliphatic heterocycles. The minimum absolute atomic E-state index is 0.0351. The van der Waals surface area contributed by atoms with Crippen molar-refractivity contribution in [3.63, 3.8) is 0 Å². The number of H-pyrrole nitrogens is 1. The largest absolute Gasteiger partial charge is 0.356 e. The maximum absolute atomic E-state index is 12.8. The van der Waals surface area contributed by atoms with Gasteiger partial charge >= 0.3 is 0 Å². The molecule has 2 aromatic rings. The number of piperidine rings is 1. The van der Waals surface area contributed by atoms with Crippen molar-refractivity contribution in [3.8, 4) is 0 Å². The minimum atomic E-state index is 0.0351. The second kappa shape index (κ2) is 10.3. The molecule has 0 aliphatic carbocycles. The van der Waals surface area contributed by atoms with E-state index < -0.39 is 0 Å². The molecule has 9 heteroatoms. The van der Waals surface area contributed by atoms with Crippen molar-refractivity contribution in [2.45, 2.75) is 33.1 Å². The summed E-state index contributed by atoms with van der Waals surface area (Å²) in [5, 5.41) is 4.09. The third kappa shape index (κ3) is 5.38. The first-order valence-corrected chi connectivity index (χ1v) is 11.8. The summed E-state index contributed by atoms with van der Waals surface area (Å²) in [6, 6.07) is 2.01. The monoisotopic (exact) mass is 441 g/mol. The Kier molecular flexibility index (Phi) is 7.24. The summed E-state index contributed by atoms with van der Waals surface area (Å²) in [6.45, 7) is 10.2. The number of anilines is 1. The van der Waals surface area contributed by atoms with Gasteiger partial charge in [0, 0.05) is 57.9 Å². The number of amides is 2. The highest BCUT2D eigenvalue weighted by molar-refractivity contribution is 5.87. The molecule has 0 unspecified atom stereocenters. The number of aromatic nitrogens is 3. The predicted molar refractivity (Wildman–Crippen MR) is 124 cm³/mol. The molecule has 4 heterocycles. The van der Waals surface area contributed by atoms with E-state index in [0.717, 1.165) is 68.8 Å². The number of piperazine rings is 1. The molecule has 2 aromatic heterocycles. The fourth-order valence-electron chi connectivity index (χ4n) is 4.54. The van der Waals surface area contributed by atoms with Crippen molar-refractivity contribution in [1.29, 1.82) is 0 Å². The average Bonchev–Trinajstić information content (AvgIpc) is 3.28. The number of carbonyl (C=O) groups excluding carboxylic acids is 2. The smallest absolute Gasteiger partial charge is 0.236 e. The summed E-state index contributed by atoms with van der Waals surface area (Å²) >= 11 is 0. The number of aromatic amines is 1. The standard InChI is InChI=1S/C23H35N7O2/c1-17(2)3-7-25-23(32)18-5-9-29(10-6-18)20(31)15-28-11-13-30(14-12-28)22-19-4-8-24-21(19)26-16-27-22/h4,8,16-18H,3,5-7,9-15H2,1-2H3,(H,25,32)(H,24,26,27). The van der Waals surface area contributed by atoms with Crippen molar-refractivity contribution < 1.29 is 9.59 Å². The molecule has 0 radical (unpaired) electrons. The lowest BCUT2D eigenvalue weighted by Crippen LogP contribution is -2.51. The van der Waals surface area contributed by atoms with E-state index in [4.69, 9.17) is 0 Å². The first-order chi connectivity index (χ1) is 15.5. The van der Waals surface area contributed by atoms with Crippen LogP contribution in [0.2, 0.25) is 0 Å².